The molecule has 0 spiro atoms. The second kappa shape index (κ2) is 7.36. The molecule has 1 N–H and O–H groups in total. The SMILES string of the molecule is O=C(CCc1ccc(OC(F)F)cc1)N1CCC(O)CC1. The Morgan fingerprint density at radius 3 is 2.48 bits per heavy atom. The number of hydrogen-bond acceptors (Lipinski definition) is 3. The van der Waals surface area contributed by atoms with Crippen LogP contribution in [0.4, 0.5) is 8.78 Å². The third-order valence-corrected chi connectivity index (χ3v) is 3.59. The number of amides is 1. The van der Waals surface area contributed by atoms with Gasteiger partial charge in [-0.05, 0) is 37.0 Å². The summed E-state index contributed by atoms with van der Waals surface area (Å²) in [4.78, 5) is 13.8. The molecule has 0 unspecified atom stereocenters. The van der Waals surface area contributed by atoms with E-state index < -0.39 is 6.61 Å². The molecular weight excluding hydrogens is 280 g/mol. The Labute approximate surface area is 122 Å². The van der Waals surface area contributed by atoms with E-state index in [1.165, 1.54) is 12.1 Å². The van der Waals surface area contributed by atoms with Crippen LogP contribution in [0.1, 0.15) is 24.8 Å². The van der Waals surface area contributed by atoms with Crippen LogP contribution in [0.25, 0.3) is 0 Å². The van der Waals surface area contributed by atoms with E-state index in [9.17, 15) is 18.7 Å². The lowest BCUT2D eigenvalue weighted by molar-refractivity contribution is -0.133. The molecule has 0 bridgehead atoms. The van der Waals surface area contributed by atoms with Gasteiger partial charge in [0, 0.05) is 19.5 Å². The van der Waals surface area contributed by atoms with Gasteiger partial charge in [0.25, 0.3) is 0 Å². The number of aliphatic hydroxyl groups is 1. The molecule has 0 radical (unpaired) electrons. The van der Waals surface area contributed by atoms with Gasteiger partial charge in [-0.2, -0.15) is 8.78 Å². The average Bonchev–Trinajstić information content (AvgIpc) is 2.46. The molecule has 1 fully saturated rings. The Hall–Kier alpha value is -1.69. The normalized spacial score (nSPS) is 16.3. The Balaban J connectivity index is 1.78. The Bertz CT molecular complexity index is 456. The minimum absolute atomic E-state index is 0.0646. The van der Waals surface area contributed by atoms with Crippen molar-refractivity contribution in [1.82, 2.24) is 4.90 Å². The lowest BCUT2D eigenvalue weighted by Crippen LogP contribution is -2.40. The Morgan fingerprint density at radius 2 is 1.90 bits per heavy atom. The van der Waals surface area contributed by atoms with Crippen molar-refractivity contribution in [3.05, 3.63) is 29.8 Å². The molecular formula is C15H19F2NO3. The first-order valence-corrected chi connectivity index (χ1v) is 7.04. The maximum absolute atomic E-state index is 12.0. The monoisotopic (exact) mass is 299 g/mol. The Morgan fingerprint density at radius 1 is 1.29 bits per heavy atom. The number of likely N-dealkylation sites (tertiary alicyclic amines) is 1. The summed E-state index contributed by atoms with van der Waals surface area (Å²) in [5.41, 5.74) is 0.905. The van der Waals surface area contributed by atoms with Gasteiger partial charge in [-0.15, -0.1) is 0 Å². The van der Waals surface area contributed by atoms with E-state index in [1.807, 2.05) is 0 Å². The molecule has 0 aromatic heterocycles. The molecule has 1 aromatic rings. The topological polar surface area (TPSA) is 49.8 Å². The van der Waals surface area contributed by atoms with Gasteiger partial charge in [0.05, 0.1) is 6.10 Å². The molecule has 21 heavy (non-hydrogen) atoms. The molecule has 0 atom stereocenters. The number of nitrogens with zero attached hydrogens (tertiary/aromatic N) is 1. The van der Waals surface area contributed by atoms with Crippen molar-refractivity contribution in [1.29, 1.82) is 0 Å². The second-order valence-electron chi connectivity index (χ2n) is 5.13. The molecule has 1 heterocycles. The zero-order valence-electron chi connectivity index (χ0n) is 11.7. The molecule has 116 valence electrons. The fourth-order valence-electron chi connectivity index (χ4n) is 2.36. The van der Waals surface area contributed by atoms with E-state index in [0.717, 1.165) is 5.56 Å². The summed E-state index contributed by atoms with van der Waals surface area (Å²) < 4.78 is 28.3. The van der Waals surface area contributed by atoms with Crippen LogP contribution in [0.5, 0.6) is 5.75 Å². The van der Waals surface area contributed by atoms with Gasteiger partial charge >= 0.3 is 6.61 Å². The van der Waals surface area contributed by atoms with Crippen LogP contribution in [0.3, 0.4) is 0 Å². The van der Waals surface area contributed by atoms with Crippen LogP contribution < -0.4 is 4.74 Å². The maximum atomic E-state index is 12.0. The highest BCUT2D eigenvalue weighted by Crippen LogP contribution is 2.17. The highest BCUT2D eigenvalue weighted by molar-refractivity contribution is 5.76. The first-order chi connectivity index (χ1) is 10.0. The van der Waals surface area contributed by atoms with Crippen molar-refractivity contribution < 1.29 is 23.4 Å². The molecule has 1 saturated heterocycles. The summed E-state index contributed by atoms with van der Waals surface area (Å²) in [7, 11) is 0. The quantitative estimate of drug-likeness (QED) is 0.907. The van der Waals surface area contributed by atoms with E-state index in [-0.39, 0.29) is 17.8 Å². The first-order valence-electron chi connectivity index (χ1n) is 7.04. The molecule has 0 aliphatic carbocycles. The molecule has 2 rings (SSSR count). The van der Waals surface area contributed by atoms with Gasteiger partial charge in [0.2, 0.25) is 5.91 Å². The predicted molar refractivity (Wildman–Crippen MR) is 73.2 cm³/mol. The van der Waals surface area contributed by atoms with E-state index >= 15 is 0 Å². The van der Waals surface area contributed by atoms with Crippen LogP contribution in [0.15, 0.2) is 24.3 Å². The van der Waals surface area contributed by atoms with Gasteiger partial charge in [0.15, 0.2) is 0 Å². The summed E-state index contributed by atoms with van der Waals surface area (Å²) in [6.45, 7) is -1.63. The number of aryl methyl sites for hydroxylation is 1. The number of benzene rings is 1. The number of halogens is 2. The standard InChI is InChI=1S/C15H19F2NO3/c16-15(17)21-13-4-1-11(2-5-13)3-6-14(20)18-9-7-12(19)8-10-18/h1-2,4-5,12,15,19H,3,6-10H2. The predicted octanol–water partition coefficient (Wildman–Crippen LogP) is 2.20. The zero-order valence-corrected chi connectivity index (χ0v) is 11.7. The number of carbonyl (C=O) groups is 1. The largest absolute Gasteiger partial charge is 0.435 e. The summed E-state index contributed by atoms with van der Waals surface area (Å²) >= 11 is 0. The zero-order chi connectivity index (χ0) is 15.2. The maximum Gasteiger partial charge on any atom is 0.387 e. The Kier molecular flexibility index (Phi) is 5.50. The van der Waals surface area contributed by atoms with E-state index in [2.05, 4.69) is 4.74 Å². The van der Waals surface area contributed by atoms with Crippen molar-refractivity contribution in [3.8, 4) is 5.75 Å². The van der Waals surface area contributed by atoms with Gasteiger partial charge < -0.3 is 14.7 Å². The lowest BCUT2D eigenvalue weighted by Gasteiger charge is -2.29. The van der Waals surface area contributed by atoms with Gasteiger partial charge in [-0.1, -0.05) is 12.1 Å². The number of ether oxygens (including phenoxy) is 1. The summed E-state index contributed by atoms with van der Waals surface area (Å²) in [6, 6.07) is 6.32. The summed E-state index contributed by atoms with van der Waals surface area (Å²) in [6.07, 6.45) is 1.91. The average molecular weight is 299 g/mol. The molecule has 1 aliphatic heterocycles. The fraction of sp³-hybridized carbons (Fsp3) is 0.533. The highest BCUT2D eigenvalue weighted by Gasteiger charge is 2.20. The van der Waals surface area contributed by atoms with E-state index in [4.69, 9.17) is 0 Å². The number of rotatable bonds is 5. The smallest absolute Gasteiger partial charge is 0.387 e. The van der Waals surface area contributed by atoms with Crippen LogP contribution in [0.2, 0.25) is 0 Å². The number of aliphatic hydroxyl groups excluding tert-OH is 1. The van der Waals surface area contributed by atoms with Crippen molar-refractivity contribution >= 4 is 5.91 Å². The lowest BCUT2D eigenvalue weighted by atomic mass is 10.1. The molecule has 1 aliphatic rings. The molecule has 1 amide bonds. The van der Waals surface area contributed by atoms with Crippen LogP contribution in [-0.2, 0) is 11.2 Å². The van der Waals surface area contributed by atoms with E-state index in [1.54, 1.807) is 17.0 Å². The summed E-state index contributed by atoms with van der Waals surface area (Å²) in [5.74, 6) is 0.180. The number of hydrogen-bond donors (Lipinski definition) is 1. The van der Waals surface area contributed by atoms with Crippen molar-refractivity contribution in [2.75, 3.05) is 13.1 Å². The molecule has 4 nitrogen and oxygen atoms in total. The minimum Gasteiger partial charge on any atom is -0.435 e. The van der Waals surface area contributed by atoms with Gasteiger partial charge in [-0.25, -0.2) is 0 Å². The fourth-order valence-corrected chi connectivity index (χ4v) is 2.36. The van der Waals surface area contributed by atoms with Crippen molar-refractivity contribution in [2.45, 2.75) is 38.4 Å². The van der Waals surface area contributed by atoms with Gasteiger partial charge in [-0.3, -0.25) is 4.79 Å². The first kappa shape index (κ1) is 15.7. The van der Waals surface area contributed by atoms with E-state index in [0.29, 0.717) is 38.8 Å². The van der Waals surface area contributed by atoms with Crippen LogP contribution in [-0.4, -0.2) is 41.7 Å². The number of carbonyl (C=O) groups excluding carboxylic acids is 1. The third-order valence-electron chi connectivity index (χ3n) is 3.59. The molecule has 1 aromatic carbocycles. The second-order valence-corrected chi connectivity index (χ2v) is 5.13. The van der Waals surface area contributed by atoms with Crippen molar-refractivity contribution in [3.63, 3.8) is 0 Å². The number of piperidine rings is 1. The number of alkyl halides is 2. The molecule has 0 saturated carbocycles. The van der Waals surface area contributed by atoms with Gasteiger partial charge in [0.1, 0.15) is 5.75 Å². The highest BCUT2D eigenvalue weighted by atomic mass is 19.3. The minimum atomic E-state index is -2.83. The summed E-state index contributed by atoms with van der Waals surface area (Å²) in [5, 5.41) is 9.40. The van der Waals surface area contributed by atoms with Crippen molar-refractivity contribution in [2.24, 2.45) is 0 Å². The van der Waals surface area contributed by atoms with Crippen LogP contribution in [0, 0.1) is 0 Å². The third kappa shape index (κ3) is 4.97. The molecule has 6 heteroatoms. The van der Waals surface area contributed by atoms with Crippen LogP contribution >= 0.6 is 0 Å².